The lowest BCUT2D eigenvalue weighted by atomic mass is 9.57. The number of nitrogens with one attached hydrogen (secondary N) is 1. The molecule has 0 radical (unpaired) electrons. The number of fused-ring (bicyclic) bond motifs is 2. The summed E-state index contributed by atoms with van der Waals surface area (Å²) in [6, 6.07) is 14.0. The normalized spacial score (nSPS) is 24.1. The monoisotopic (exact) mass is 444 g/mol. The summed E-state index contributed by atoms with van der Waals surface area (Å²) in [5, 5.41) is 3.03. The molecule has 0 saturated heterocycles. The molecule has 3 aliphatic carbocycles. The standard InChI is InChI=1S/C24H26ClFN2O3/c1-28(13-15-5-3-2-4-6-15)24(30)19-12-22(17-9-16(19)10-17)27-23(29)14-31-18-7-8-20(25)21(26)11-18/h2-8,11,16-17,19,22H,9-10,12-14H2,1H3,(H,27,29)/t16?,17?,19-,22+/m1/s1. The summed E-state index contributed by atoms with van der Waals surface area (Å²) < 4.78 is 18.9. The third kappa shape index (κ3) is 5.01. The zero-order valence-electron chi connectivity index (χ0n) is 17.4. The van der Waals surface area contributed by atoms with E-state index in [9.17, 15) is 14.0 Å². The second kappa shape index (κ2) is 9.27. The highest BCUT2D eigenvalue weighted by atomic mass is 35.5. The molecule has 1 N–H and O–H groups in total. The molecule has 7 heteroatoms. The SMILES string of the molecule is CN(Cc1ccccc1)C(=O)[C@@H]1C[C@H](NC(=O)COc2ccc(Cl)c(F)c2)C2CC1C2. The highest BCUT2D eigenvalue weighted by molar-refractivity contribution is 6.30. The molecule has 2 bridgehead atoms. The second-order valence-corrected chi connectivity index (χ2v) is 8.96. The van der Waals surface area contributed by atoms with Crippen LogP contribution in [0.5, 0.6) is 5.75 Å². The molecule has 0 spiro atoms. The fraction of sp³-hybridized carbons (Fsp3) is 0.417. The lowest BCUT2D eigenvalue weighted by Gasteiger charge is -2.51. The molecule has 164 valence electrons. The van der Waals surface area contributed by atoms with Gasteiger partial charge in [0.25, 0.3) is 5.91 Å². The van der Waals surface area contributed by atoms with Crippen LogP contribution in [0.2, 0.25) is 5.02 Å². The Kier molecular flexibility index (Phi) is 6.46. The van der Waals surface area contributed by atoms with Gasteiger partial charge in [-0.15, -0.1) is 0 Å². The summed E-state index contributed by atoms with van der Waals surface area (Å²) in [6.07, 6.45) is 2.57. The van der Waals surface area contributed by atoms with Crippen molar-refractivity contribution < 1.29 is 18.7 Å². The number of carbonyl (C=O) groups is 2. The van der Waals surface area contributed by atoms with Gasteiger partial charge in [0.2, 0.25) is 5.91 Å². The van der Waals surface area contributed by atoms with Crippen LogP contribution in [0.3, 0.4) is 0 Å². The van der Waals surface area contributed by atoms with Gasteiger partial charge in [-0.05, 0) is 48.8 Å². The Morgan fingerprint density at radius 1 is 1.13 bits per heavy atom. The Morgan fingerprint density at radius 3 is 2.58 bits per heavy atom. The van der Waals surface area contributed by atoms with Crippen LogP contribution in [-0.4, -0.2) is 36.4 Å². The fourth-order valence-corrected chi connectivity index (χ4v) is 4.80. The van der Waals surface area contributed by atoms with Gasteiger partial charge in [0.05, 0.1) is 5.02 Å². The van der Waals surface area contributed by atoms with E-state index in [1.165, 1.54) is 12.1 Å². The molecule has 3 fully saturated rings. The predicted molar refractivity (Wildman–Crippen MR) is 116 cm³/mol. The molecule has 0 unspecified atom stereocenters. The van der Waals surface area contributed by atoms with E-state index in [0.717, 1.165) is 24.5 Å². The van der Waals surface area contributed by atoms with E-state index in [4.69, 9.17) is 16.3 Å². The average Bonchev–Trinajstić information content (AvgIpc) is 2.73. The Labute approximate surface area is 186 Å². The lowest BCUT2D eigenvalue weighted by molar-refractivity contribution is -0.144. The second-order valence-electron chi connectivity index (χ2n) is 8.55. The van der Waals surface area contributed by atoms with Crippen molar-refractivity contribution in [2.24, 2.45) is 17.8 Å². The fourth-order valence-electron chi connectivity index (χ4n) is 4.69. The van der Waals surface area contributed by atoms with Crippen molar-refractivity contribution in [3.05, 3.63) is 64.9 Å². The van der Waals surface area contributed by atoms with Crippen LogP contribution in [0, 0.1) is 23.6 Å². The smallest absolute Gasteiger partial charge is 0.258 e. The minimum absolute atomic E-state index is 0.00601. The number of halogens is 2. The molecule has 0 aliphatic heterocycles. The first kappa shape index (κ1) is 21.6. The number of carbonyl (C=O) groups excluding carboxylic acids is 2. The maximum atomic E-state index is 13.5. The van der Waals surface area contributed by atoms with E-state index in [0.29, 0.717) is 24.8 Å². The van der Waals surface area contributed by atoms with E-state index >= 15 is 0 Å². The zero-order valence-corrected chi connectivity index (χ0v) is 18.1. The van der Waals surface area contributed by atoms with Gasteiger partial charge in [-0.1, -0.05) is 41.9 Å². The number of amides is 2. The van der Waals surface area contributed by atoms with Gasteiger partial charge < -0.3 is 15.0 Å². The summed E-state index contributed by atoms with van der Waals surface area (Å²) in [5.41, 5.74) is 1.10. The number of hydrogen-bond donors (Lipinski definition) is 1. The van der Waals surface area contributed by atoms with Crippen molar-refractivity contribution in [1.29, 1.82) is 0 Å². The maximum absolute atomic E-state index is 13.5. The third-order valence-corrected chi connectivity index (χ3v) is 6.73. The Balaban J connectivity index is 1.30. The highest BCUT2D eigenvalue weighted by Crippen LogP contribution is 2.49. The summed E-state index contributed by atoms with van der Waals surface area (Å²) in [6.45, 7) is 0.370. The predicted octanol–water partition coefficient (Wildman–Crippen LogP) is 4.05. The first-order valence-corrected chi connectivity index (χ1v) is 10.9. The van der Waals surface area contributed by atoms with E-state index in [2.05, 4.69) is 5.32 Å². The van der Waals surface area contributed by atoms with Crippen LogP contribution in [0.15, 0.2) is 48.5 Å². The minimum Gasteiger partial charge on any atom is -0.484 e. The molecule has 5 nitrogen and oxygen atoms in total. The molecule has 3 saturated carbocycles. The van der Waals surface area contributed by atoms with Crippen LogP contribution in [0.4, 0.5) is 4.39 Å². The molecule has 0 aromatic heterocycles. The van der Waals surface area contributed by atoms with E-state index < -0.39 is 5.82 Å². The number of nitrogens with zero attached hydrogens (tertiary/aromatic N) is 1. The minimum atomic E-state index is -0.589. The Morgan fingerprint density at radius 2 is 1.87 bits per heavy atom. The van der Waals surface area contributed by atoms with Crippen molar-refractivity contribution in [3.63, 3.8) is 0 Å². The van der Waals surface area contributed by atoms with E-state index in [1.807, 2.05) is 37.4 Å². The summed E-state index contributed by atoms with van der Waals surface area (Å²) >= 11 is 5.66. The van der Waals surface area contributed by atoms with Crippen molar-refractivity contribution >= 4 is 23.4 Å². The van der Waals surface area contributed by atoms with Gasteiger partial charge in [0.15, 0.2) is 6.61 Å². The number of ether oxygens (including phenoxy) is 1. The molecule has 5 rings (SSSR count). The van der Waals surface area contributed by atoms with E-state index in [1.54, 1.807) is 4.90 Å². The molecular weight excluding hydrogens is 419 g/mol. The molecule has 2 amide bonds. The summed E-state index contributed by atoms with van der Waals surface area (Å²) in [5.74, 6) is 0.264. The third-order valence-electron chi connectivity index (χ3n) is 6.42. The van der Waals surface area contributed by atoms with Gasteiger partial charge in [-0.25, -0.2) is 4.39 Å². The summed E-state index contributed by atoms with van der Waals surface area (Å²) in [4.78, 5) is 27.3. The maximum Gasteiger partial charge on any atom is 0.258 e. The van der Waals surface area contributed by atoms with Crippen LogP contribution < -0.4 is 10.1 Å². The number of benzene rings is 2. The number of rotatable bonds is 7. The van der Waals surface area contributed by atoms with Crippen molar-refractivity contribution in [2.75, 3.05) is 13.7 Å². The van der Waals surface area contributed by atoms with Crippen LogP contribution in [0.1, 0.15) is 24.8 Å². The molecular formula is C24H26ClFN2O3. The summed E-state index contributed by atoms with van der Waals surface area (Å²) in [7, 11) is 1.84. The van der Waals surface area contributed by atoms with Gasteiger partial charge in [0, 0.05) is 31.6 Å². The van der Waals surface area contributed by atoms with Crippen molar-refractivity contribution in [1.82, 2.24) is 10.2 Å². The van der Waals surface area contributed by atoms with Crippen LogP contribution in [-0.2, 0) is 16.1 Å². The highest BCUT2D eigenvalue weighted by Gasteiger charge is 2.49. The van der Waals surface area contributed by atoms with Crippen LogP contribution >= 0.6 is 11.6 Å². The van der Waals surface area contributed by atoms with Gasteiger partial charge in [-0.2, -0.15) is 0 Å². The molecule has 2 aromatic rings. The molecule has 3 aliphatic rings. The molecule has 2 aromatic carbocycles. The largest absolute Gasteiger partial charge is 0.484 e. The quantitative estimate of drug-likeness (QED) is 0.701. The first-order valence-electron chi connectivity index (χ1n) is 10.6. The van der Waals surface area contributed by atoms with Crippen molar-refractivity contribution in [3.8, 4) is 5.75 Å². The molecule has 0 heterocycles. The lowest BCUT2D eigenvalue weighted by Crippen LogP contribution is -2.56. The number of hydrogen-bond acceptors (Lipinski definition) is 3. The van der Waals surface area contributed by atoms with Crippen molar-refractivity contribution in [2.45, 2.75) is 31.8 Å². The molecule has 31 heavy (non-hydrogen) atoms. The Bertz CT molecular complexity index is 949. The van der Waals surface area contributed by atoms with Gasteiger partial charge >= 0.3 is 0 Å². The van der Waals surface area contributed by atoms with Crippen LogP contribution in [0.25, 0.3) is 0 Å². The average molecular weight is 445 g/mol. The molecule has 2 atom stereocenters. The Hall–Kier alpha value is -2.60. The van der Waals surface area contributed by atoms with E-state index in [-0.39, 0.29) is 41.2 Å². The zero-order chi connectivity index (χ0) is 22.0. The first-order chi connectivity index (χ1) is 14.9. The van der Waals surface area contributed by atoms with Gasteiger partial charge in [-0.3, -0.25) is 9.59 Å². The topological polar surface area (TPSA) is 58.6 Å². The van der Waals surface area contributed by atoms with Gasteiger partial charge in [0.1, 0.15) is 11.6 Å².